The Balaban J connectivity index is 2.26. The maximum Gasteiger partial charge on any atom is 0.284 e. The highest BCUT2D eigenvalue weighted by Crippen LogP contribution is 2.31. The first-order valence-corrected chi connectivity index (χ1v) is 7.65. The van der Waals surface area contributed by atoms with Gasteiger partial charge in [0.1, 0.15) is 5.04 Å². The lowest BCUT2D eigenvalue weighted by molar-refractivity contribution is 0.250. The number of aliphatic hydroxyl groups is 1. The van der Waals surface area contributed by atoms with Crippen LogP contribution in [0.2, 0.25) is 0 Å². The molecule has 1 N–H and O–H groups in total. The van der Waals surface area contributed by atoms with E-state index in [1.54, 1.807) is 24.3 Å². The molecule has 1 heterocycles. The van der Waals surface area contributed by atoms with Gasteiger partial charge in [-0.05, 0) is 12.0 Å². The summed E-state index contributed by atoms with van der Waals surface area (Å²) in [5.74, 6) is 0.775. The molecular weight excluding hydrogens is 258 g/mol. The lowest BCUT2D eigenvalue weighted by Crippen LogP contribution is -2.06. The van der Waals surface area contributed by atoms with E-state index < -0.39 is 10.0 Å². The third-order valence-electron chi connectivity index (χ3n) is 2.41. The first-order valence-electron chi connectivity index (χ1n) is 5.22. The van der Waals surface area contributed by atoms with E-state index in [4.69, 9.17) is 5.11 Å². The molecule has 0 amide bonds. The maximum atomic E-state index is 11.7. The molecule has 0 aliphatic carbocycles. The van der Waals surface area contributed by atoms with Gasteiger partial charge in [-0.2, -0.15) is 12.8 Å². The molecule has 4 nitrogen and oxygen atoms in total. The zero-order valence-electron chi connectivity index (χ0n) is 9.33. The molecule has 1 atom stereocenters. The lowest BCUT2D eigenvalue weighted by Gasteiger charge is -2.06. The van der Waals surface area contributed by atoms with Crippen LogP contribution >= 0.6 is 11.8 Å². The molecule has 2 rings (SSSR count). The van der Waals surface area contributed by atoms with Crippen molar-refractivity contribution in [2.75, 3.05) is 12.4 Å². The zero-order chi connectivity index (χ0) is 12.5. The van der Waals surface area contributed by atoms with E-state index in [0.717, 1.165) is 0 Å². The summed E-state index contributed by atoms with van der Waals surface area (Å²) >= 11 is 1.37. The molecule has 0 fully saturated rings. The van der Waals surface area contributed by atoms with Gasteiger partial charge in [-0.25, -0.2) is 0 Å². The van der Waals surface area contributed by atoms with Crippen LogP contribution < -0.4 is 0 Å². The van der Waals surface area contributed by atoms with E-state index in [1.165, 1.54) is 11.8 Å². The number of hydrogen-bond acceptors (Lipinski definition) is 4. The zero-order valence-corrected chi connectivity index (χ0v) is 11.0. The Morgan fingerprint density at radius 2 is 2.12 bits per heavy atom. The van der Waals surface area contributed by atoms with Gasteiger partial charge in [-0.1, -0.05) is 25.1 Å². The topological polar surface area (TPSA) is 66.7 Å². The minimum Gasteiger partial charge on any atom is -0.396 e. The number of hydrogen-bond donors (Lipinski definition) is 1. The Hall–Kier alpha value is -0.850. The normalized spacial score (nSPS) is 18.6. The third-order valence-corrected chi connectivity index (χ3v) is 5.19. The number of fused-ring (bicyclic) bond motifs is 1. The molecule has 92 valence electrons. The monoisotopic (exact) mass is 271 g/mol. The van der Waals surface area contributed by atoms with Gasteiger partial charge in [0.25, 0.3) is 10.0 Å². The number of thioether (sulfide) groups is 1. The van der Waals surface area contributed by atoms with Crippen LogP contribution in [0.5, 0.6) is 0 Å². The summed E-state index contributed by atoms with van der Waals surface area (Å²) in [5, 5.41) is 9.46. The largest absolute Gasteiger partial charge is 0.396 e. The summed E-state index contributed by atoms with van der Waals surface area (Å²) in [4.78, 5) is 0.277. The molecule has 0 saturated carbocycles. The fraction of sp³-hybridized carbons (Fsp3) is 0.364. The minimum atomic E-state index is -3.50. The van der Waals surface area contributed by atoms with E-state index in [2.05, 4.69) is 4.40 Å². The highest BCUT2D eigenvalue weighted by atomic mass is 32.2. The molecule has 0 bridgehead atoms. The number of benzene rings is 1. The molecule has 6 heteroatoms. The van der Waals surface area contributed by atoms with Crippen LogP contribution in [-0.2, 0) is 10.0 Å². The van der Waals surface area contributed by atoms with Crippen LogP contribution in [0.4, 0.5) is 0 Å². The average molecular weight is 271 g/mol. The quantitative estimate of drug-likeness (QED) is 0.904. The Morgan fingerprint density at radius 3 is 2.82 bits per heavy atom. The van der Waals surface area contributed by atoms with E-state index in [9.17, 15) is 8.42 Å². The van der Waals surface area contributed by atoms with Crippen LogP contribution in [0, 0.1) is 5.92 Å². The highest BCUT2D eigenvalue weighted by Gasteiger charge is 2.28. The number of rotatable bonds is 3. The smallest absolute Gasteiger partial charge is 0.284 e. The molecule has 17 heavy (non-hydrogen) atoms. The second kappa shape index (κ2) is 4.80. The second-order valence-electron chi connectivity index (χ2n) is 3.97. The molecule has 1 aromatic carbocycles. The molecule has 1 aliphatic rings. The number of aliphatic hydroxyl groups excluding tert-OH is 1. The number of nitrogens with zero attached hydrogens (tertiary/aromatic N) is 1. The molecule has 1 aliphatic heterocycles. The van der Waals surface area contributed by atoms with Crippen molar-refractivity contribution >= 4 is 26.8 Å². The summed E-state index contributed by atoms with van der Waals surface area (Å²) in [5.41, 5.74) is 0.669. The standard InChI is InChI=1S/C11H13NO3S2/c1-8(6-13)7-16-11-9-4-2-3-5-10(9)17(14,15)12-11/h2-5,8,13H,6-7H2,1H3. The Labute approximate surface area is 105 Å². The Bertz CT molecular complexity index is 552. The summed E-state index contributed by atoms with van der Waals surface area (Å²) < 4.78 is 27.2. The van der Waals surface area contributed by atoms with Gasteiger partial charge in [0.15, 0.2) is 0 Å². The summed E-state index contributed by atoms with van der Waals surface area (Å²) in [6.45, 7) is 2.00. The maximum absolute atomic E-state index is 11.7. The predicted molar refractivity (Wildman–Crippen MR) is 68.9 cm³/mol. The Morgan fingerprint density at radius 1 is 1.41 bits per heavy atom. The van der Waals surface area contributed by atoms with Crippen LogP contribution in [0.1, 0.15) is 12.5 Å². The molecule has 0 aromatic heterocycles. The second-order valence-corrected chi connectivity index (χ2v) is 6.55. The molecule has 1 aromatic rings. The van der Waals surface area contributed by atoms with Crippen molar-refractivity contribution < 1.29 is 13.5 Å². The summed E-state index contributed by atoms with van der Waals surface area (Å²) in [7, 11) is -3.50. The fourth-order valence-corrected chi connectivity index (χ4v) is 4.01. The van der Waals surface area contributed by atoms with Gasteiger partial charge in [0, 0.05) is 17.9 Å². The van der Waals surface area contributed by atoms with Crippen molar-refractivity contribution in [1.29, 1.82) is 0 Å². The van der Waals surface area contributed by atoms with Crippen molar-refractivity contribution in [3.8, 4) is 0 Å². The van der Waals surface area contributed by atoms with Crippen LogP contribution in [-0.4, -0.2) is 30.9 Å². The van der Waals surface area contributed by atoms with Crippen molar-refractivity contribution in [3.63, 3.8) is 0 Å². The van der Waals surface area contributed by atoms with E-state index in [-0.39, 0.29) is 17.4 Å². The van der Waals surface area contributed by atoms with Gasteiger partial charge < -0.3 is 5.11 Å². The Kier molecular flexibility index (Phi) is 3.56. The van der Waals surface area contributed by atoms with Crippen molar-refractivity contribution in [2.24, 2.45) is 10.3 Å². The fourth-order valence-electron chi connectivity index (χ4n) is 1.45. The SMILES string of the molecule is CC(CO)CSC1=NS(=O)(=O)c2ccccc21. The number of sulfonamides is 1. The van der Waals surface area contributed by atoms with E-state index in [0.29, 0.717) is 16.4 Å². The van der Waals surface area contributed by atoms with Crippen LogP contribution in [0.3, 0.4) is 0 Å². The molecule has 0 spiro atoms. The van der Waals surface area contributed by atoms with Gasteiger partial charge >= 0.3 is 0 Å². The minimum absolute atomic E-state index is 0.0919. The molecule has 0 saturated heterocycles. The molecule has 1 unspecified atom stereocenters. The lowest BCUT2D eigenvalue weighted by atomic mass is 10.2. The third kappa shape index (κ3) is 2.53. The first-order chi connectivity index (χ1) is 8.04. The van der Waals surface area contributed by atoms with Crippen LogP contribution in [0.15, 0.2) is 33.6 Å². The van der Waals surface area contributed by atoms with Gasteiger partial charge in [-0.15, -0.1) is 11.8 Å². The van der Waals surface area contributed by atoms with E-state index >= 15 is 0 Å². The first kappa shape index (κ1) is 12.6. The highest BCUT2D eigenvalue weighted by molar-refractivity contribution is 8.15. The van der Waals surface area contributed by atoms with E-state index in [1.807, 2.05) is 6.92 Å². The predicted octanol–water partition coefficient (Wildman–Crippen LogP) is 1.50. The summed E-state index contributed by atoms with van der Waals surface area (Å²) in [6, 6.07) is 6.81. The summed E-state index contributed by atoms with van der Waals surface area (Å²) in [6.07, 6.45) is 0. The average Bonchev–Trinajstić information content (AvgIpc) is 2.59. The van der Waals surface area contributed by atoms with Gasteiger partial charge in [-0.3, -0.25) is 0 Å². The molecular formula is C11H13NO3S2. The van der Waals surface area contributed by atoms with Gasteiger partial charge in [0.2, 0.25) is 0 Å². The van der Waals surface area contributed by atoms with Crippen LogP contribution in [0.25, 0.3) is 0 Å². The van der Waals surface area contributed by atoms with Gasteiger partial charge in [0.05, 0.1) is 4.90 Å². The molecule has 0 radical (unpaired) electrons. The van der Waals surface area contributed by atoms with Crippen molar-refractivity contribution in [3.05, 3.63) is 29.8 Å². The van der Waals surface area contributed by atoms with Crippen molar-refractivity contribution in [2.45, 2.75) is 11.8 Å². The van der Waals surface area contributed by atoms with Crippen molar-refractivity contribution in [1.82, 2.24) is 0 Å².